The van der Waals surface area contributed by atoms with E-state index in [9.17, 15) is 4.79 Å². The molecule has 1 heterocycles. The van der Waals surface area contributed by atoms with Crippen LogP contribution in [0.3, 0.4) is 0 Å². The molecule has 102 valence electrons. The first kappa shape index (κ1) is 15.2. The molecule has 4 heteroatoms. The summed E-state index contributed by atoms with van der Waals surface area (Å²) in [5.74, 6) is 5.21. The van der Waals surface area contributed by atoms with Crippen molar-refractivity contribution in [3.63, 3.8) is 0 Å². The summed E-state index contributed by atoms with van der Waals surface area (Å²) < 4.78 is 0. The van der Waals surface area contributed by atoms with Crippen LogP contribution < -0.4 is 0 Å². The van der Waals surface area contributed by atoms with Crippen molar-refractivity contribution in [2.24, 2.45) is 5.41 Å². The van der Waals surface area contributed by atoms with Gasteiger partial charge in [0, 0.05) is 26.0 Å². The summed E-state index contributed by atoms with van der Waals surface area (Å²) in [5.41, 5.74) is 1.10. The van der Waals surface area contributed by atoms with E-state index in [-0.39, 0.29) is 17.9 Å². The largest absolute Gasteiger partial charge is 0.384 e. The number of hydrogen-bond donors (Lipinski definition) is 1. The van der Waals surface area contributed by atoms with Crippen LogP contribution in [0.4, 0.5) is 0 Å². The third-order valence-corrected chi connectivity index (χ3v) is 2.41. The molecule has 0 fully saturated rings. The van der Waals surface area contributed by atoms with Crippen molar-refractivity contribution in [3.05, 3.63) is 29.6 Å². The molecule has 0 radical (unpaired) electrons. The Morgan fingerprint density at radius 2 is 2.16 bits per heavy atom. The molecule has 0 aliphatic rings. The second-order valence-electron chi connectivity index (χ2n) is 5.60. The Labute approximate surface area is 114 Å². The summed E-state index contributed by atoms with van der Waals surface area (Å²) in [5, 5.41) is 8.73. The van der Waals surface area contributed by atoms with Gasteiger partial charge in [0.2, 0.25) is 0 Å². The highest BCUT2D eigenvalue weighted by molar-refractivity contribution is 5.96. The molecule has 0 spiro atoms. The van der Waals surface area contributed by atoms with Crippen LogP contribution in [0.15, 0.2) is 18.5 Å². The third kappa shape index (κ3) is 4.72. The first-order valence-corrected chi connectivity index (χ1v) is 6.14. The summed E-state index contributed by atoms with van der Waals surface area (Å²) in [6.45, 7) is 6.66. The summed E-state index contributed by atoms with van der Waals surface area (Å²) in [6.07, 6.45) is 3.11. The molecule has 1 rings (SSSR count). The van der Waals surface area contributed by atoms with Crippen LogP contribution >= 0.6 is 0 Å². The molecular formula is C15H20N2O2. The van der Waals surface area contributed by atoms with E-state index in [2.05, 4.69) is 37.6 Å². The lowest BCUT2D eigenvalue weighted by molar-refractivity contribution is 0.0745. The normalized spacial score (nSPS) is 10.6. The third-order valence-electron chi connectivity index (χ3n) is 2.41. The average molecular weight is 260 g/mol. The van der Waals surface area contributed by atoms with E-state index < -0.39 is 0 Å². The zero-order chi connectivity index (χ0) is 14.5. The van der Waals surface area contributed by atoms with Gasteiger partial charge in [-0.05, 0) is 11.5 Å². The zero-order valence-corrected chi connectivity index (χ0v) is 11.9. The van der Waals surface area contributed by atoms with E-state index in [1.165, 1.54) is 0 Å². The number of aliphatic hydroxyl groups excluding tert-OH is 1. The van der Waals surface area contributed by atoms with Gasteiger partial charge in [0.25, 0.3) is 5.91 Å². The average Bonchev–Trinajstić information content (AvgIpc) is 2.33. The SMILES string of the molecule is CN(CC(C)(C)C)C(=O)c1ccncc1C#CCO. The topological polar surface area (TPSA) is 53.4 Å². The van der Waals surface area contributed by atoms with Gasteiger partial charge >= 0.3 is 0 Å². The Bertz CT molecular complexity index is 507. The standard InChI is InChI=1S/C15H20N2O2/c1-15(2,3)11-17(4)14(19)13-7-8-16-10-12(13)6-5-9-18/h7-8,10,18H,9,11H2,1-4H3. The molecule has 1 aromatic heterocycles. The van der Waals surface area contributed by atoms with E-state index in [1.54, 1.807) is 30.4 Å². The Morgan fingerprint density at radius 3 is 2.74 bits per heavy atom. The molecular weight excluding hydrogens is 240 g/mol. The molecule has 1 N–H and O–H groups in total. The first-order valence-electron chi connectivity index (χ1n) is 6.14. The van der Waals surface area contributed by atoms with Crippen molar-refractivity contribution < 1.29 is 9.90 Å². The molecule has 0 saturated carbocycles. The molecule has 0 saturated heterocycles. The second-order valence-corrected chi connectivity index (χ2v) is 5.60. The van der Waals surface area contributed by atoms with Crippen LogP contribution in [0.5, 0.6) is 0 Å². The number of nitrogens with zero attached hydrogens (tertiary/aromatic N) is 2. The zero-order valence-electron chi connectivity index (χ0n) is 11.9. The van der Waals surface area contributed by atoms with Crippen LogP contribution in [0.1, 0.15) is 36.7 Å². The maximum Gasteiger partial charge on any atom is 0.254 e. The van der Waals surface area contributed by atoms with E-state index >= 15 is 0 Å². The molecule has 1 aromatic rings. The Balaban J connectivity index is 2.99. The molecule has 0 aromatic carbocycles. The van der Waals surface area contributed by atoms with Gasteiger partial charge in [-0.1, -0.05) is 32.6 Å². The van der Waals surface area contributed by atoms with Crippen molar-refractivity contribution in [1.29, 1.82) is 0 Å². The molecule has 0 unspecified atom stereocenters. The van der Waals surface area contributed by atoms with Crippen molar-refractivity contribution in [3.8, 4) is 11.8 Å². The number of aromatic nitrogens is 1. The number of hydrogen-bond acceptors (Lipinski definition) is 3. The Morgan fingerprint density at radius 1 is 1.47 bits per heavy atom. The molecule has 0 aliphatic carbocycles. The maximum absolute atomic E-state index is 12.4. The quantitative estimate of drug-likeness (QED) is 0.821. The Hall–Kier alpha value is -1.86. The Kier molecular flexibility index (Phi) is 5.08. The molecule has 0 atom stereocenters. The van der Waals surface area contributed by atoms with Gasteiger partial charge < -0.3 is 10.0 Å². The van der Waals surface area contributed by atoms with Gasteiger partial charge in [0.05, 0.1) is 11.1 Å². The molecule has 0 aliphatic heterocycles. The van der Waals surface area contributed by atoms with Crippen molar-refractivity contribution in [2.45, 2.75) is 20.8 Å². The lowest BCUT2D eigenvalue weighted by Gasteiger charge is -2.26. The molecule has 19 heavy (non-hydrogen) atoms. The fraction of sp³-hybridized carbons (Fsp3) is 0.467. The highest BCUT2D eigenvalue weighted by atomic mass is 16.2. The van der Waals surface area contributed by atoms with Crippen molar-refractivity contribution in [1.82, 2.24) is 9.88 Å². The number of carbonyl (C=O) groups is 1. The van der Waals surface area contributed by atoms with Crippen LogP contribution in [0, 0.1) is 17.3 Å². The van der Waals surface area contributed by atoms with E-state index in [4.69, 9.17) is 5.11 Å². The van der Waals surface area contributed by atoms with Crippen LogP contribution in [-0.2, 0) is 0 Å². The fourth-order valence-corrected chi connectivity index (χ4v) is 1.80. The highest BCUT2D eigenvalue weighted by Gasteiger charge is 2.20. The lowest BCUT2D eigenvalue weighted by Crippen LogP contribution is -2.34. The summed E-state index contributed by atoms with van der Waals surface area (Å²) in [7, 11) is 1.78. The van der Waals surface area contributed by atoms with Crippen molar-refractivity contribution in [2.75, 3.05) is 20.2 Å². The smallest absolute Gasteiger partial charge is 0.254 e. The minimum Gasteiger partial charge on any atom is -0.384 e. The number of rotatable bonds is 2. The van der Waals surface area contributed by atoms with E-state index in [0.717, 1.165) is 0 Å². The number of carbonyl (C=O) groups excluding carboxylic acids is 1. The summed E-state index contributed by atoms with van der Waals surface area (Å²) >= 11 is 0. The van der Waals surface area contributed by atoms with Gasteiger partial charge in [0.15, 0.2) is 0 Å². The van der Waals surface area contributed by atoms with Crippen LogP contribution in [0.2, 0.25) is 0 Å². The lowest BCUT2D eigenvalue weighted by atomic mass is 9.96. The highest BCUT2D eigenvalue weighted by Crippen LogP contribution is 2.16. The molecule has 1 amide bonds. The predicted octanol–water partition coefficient (Wildman–Crippen LogP) is 1.54. The minimum atomic E-state index is -0.236. The molecule has 0 bridgehead atoms. The van der Waals surface area contributed by atoms with Gasteiger partial charge in [-0.2, -0.15) is 0 Å². The predicted molar refractivity (Wildman–Crippen MR) is 74.6 cm³/mol. The number of amides is 1. The number of aliphatic hydroxyl groups is 1. The minimum absolute atomic E-state index is 0.0361. The van der Waals surface area contributed by atoms with Crippen LogP contribution in [-0.4, -0.2) is 41.1 Å². The van der Waals surface area contributed by atoms with Crippen molar-refractivity contribution >= 4 is 5.91 Å². The first-order chi connectivity index (χ1) is 8.85. The van der Waals surface area contributed by atoms with Gasteiger partial charge in [-0.3, -0.25) is 9.78 Å². The molecule has 4 nitrogen and oxygen atoms in total. The van der Waals surface area contributed by atoms with Gasteiger partial charge in [-0.15, -0.1) is 0 Å². The van der Waals surface area contributed by atoms with Crippen LogP contribution in [0.25, 0.3) is 0 Å². The maximum atomic E-state index is 12.4. The van der Waals surface area contributed by atoms with E-state index in [1.807, 2.05) is 0 Å². The monoisotopic (exact) mass is 260 g/mol. The fourth-order valence-electron chi connectivity index (χ4n) is 1.80. The summed E-state index contributed by atoms with van der Waals surface area (Å²) in [6, 6.07) is 1.66. The summed E-state index contributed by atoms with van der Waals surface area (Å²) in [4.78, 5) is 18.0. The van der Waals surface area contributed by atoms with Gasteiger partial charge in [0.1, 0.15) is 6.61 Å². The second kappa shape index (κ2) is 6.35. The number of pyridine rings is 1. The van der Waals surface area contributed by atoms with Gasteiger partial charge in [-0.25, -0.2) is 0 Å². The van der Waals surface area contributed by atoms with E-state index in [0.29, 0.717) is 17.7 Å².